The number of carboxylic acid groups (broad SMARTS) is 1. The van der Waals surface area contributed by atoms with Crippen molar-refractivity contribution in [3.8, 4) is 5.75 Å². The van der Waals surface area contributed by atoms with E-state index in [-0.39, 0.29) is 11.0 Å². The molecule has 0 fully saturated rings. The average molecular weight is 314 g/mol. The molecule has 3 aromatic rings. The van der Waals surface area contributed by atoms with Crippen molar-refractivity contribution >= 4 is 37.5 Å². The van der Waals surface area contributed by atoms with E-state index in [0.29, 0.717) is 27.8 Å². The first-order valence-electron chi connectivity index (χ1n) is 6.97. The van der Waals surface area contributed by atoms with Crippen LogP contribution in [0.5, 0.6) is 5.75 Å². The smallest absolute Gasteiger partial charge is 0.335 e. The minimum atomic E-state index is -0.995. The highest BCUT2D eigenvalue weighted by Crippen LogP contribution is 2.28. The molecule has 1 heterocycles. The normalized spacial score (nSPS) is 11.0. The lowest BCUT2D eigenvalue weighted by molar-refractivity contribution is 0.0697. The summed E-state index contributed by atoms with van der Waals surface area (Å²) in [7, 11) is 0. The van der Waals surface area contributed by atoms with Crippen molar-refractivity contribution in [2.75, 3.05) is 6.61 Å². The summed E-state index contributed by atoms with van der Waals surface area (Å²) in [4.78, 5) is 23.6. The van der Waals surface area contributed by atoms with Gasteiger partial charge in [-0.2, -0.15) is 0 Å². The van der Waals surface area contributed by atoms with E-state index in [0.717, 1.165) is 11.1 Å². The van der Waals surface area contributed by atoms with Gasteiger partial charge in [-0.3, -0.25) is 4.79 Å². The SMILES string of the molecule is CCCOc1ccc2sc3cc(C(=O)O)ccc3c(=O)c2c1. The number of rotatable bonds is 4. The maximum atomic E-state index is 12.6. The lowest BCUT2D eigenvalue weighted by atomic mass is 10.1. The standard InChI is InChI=1S/C17H14O4S/c1-2-7-21-11-4-6-14-13(9-11)16(18)12-5-3-10(17(19)20)8-15(12)22-14/h3-6,8-9H,2,7H2,1H3,(H,19,20). The van der Waals surface area contributed by atoms with Crippen LogP contribution >= 0.6 is 11.3 Å². The van der Waals surface area contributed by atoms with Crippen LogP contribution in [0.4, 0.5) is 0 Å². The summed E-state index contributed by atoms with van der Waals surface area (Å²) < 4.78 is 7.07. The van der Waals surface area contributed by atoms with E-state index in [2.05, 4.69) is 0 Å². The molecule has 112 valence electrons. The number of hydrogen-bond acceptors (Lipinski definition) is 4. The van der Waals surface area contributed by atoms with Gasteiger partial charge in [-0.1, -0.05) is 6.92 Å². The van der Waals surface area contributed by atoms with Crippen LogP contribution in [-0.4, -0.2) is 17.7 Å². The largest absolute Gasteiger partial charge is 0.494 e. The van der Waals surface area contributed by atoms with Crippen molar-refractivity contribution in [1.82, 2.24) is 0 Å². The number of carboxylic acids is 1. The Hall–Kier alpha value is -2.40. The van der Waals surface area contributed by atoms with Gasteiger partial charge in [0.2, 0.25) is 0 Å². The van der Waals surface area contributed by atoms with E-state index in [1.807, 2.05) is 19.1 Å². The zero-order valence-electron chi connectivity index (χ0n) is 12.0. The third-order valence-corrected chi connectivity index (χ3v) is 4.50. The van der Waals surface area contributed by atoms with Crippen LogP contribution in [0.2, 0.25) is 0 Å². The van der Waals surface area contributed by atoms with E-state index < -0.39 is 5.97 Å². The van der Waals surface area contributed by atoms with Gasteiger partial charge >= 0.3 is 5.97 Å². The van der Waals surface area contributed by atoms with Crippen molar-refractivity contribution in [3.05, 3.63) is 52.2 Å². The Morgan fingerprint density at radius 2 is 1.95 bits per heavy atom. The molecule has 0 saturated carbocycles. The fourth-order valence-corrected chi connectivity index (χ4v) is 3.37. The average Bonchev–Trinajstić information content (AvgIpc) is 2.52. The molecule has 1 aromatic heterocycles. The fourth-order valence-electron chi connectivity index (χ4n) is 2.28. The molecule has 3 rings (SSSR count). The number of aromatic carboxylic acids is 1. The first-order chi connectivity index (χ1) is 10.6. The Morgan fingerprint density at radius 1 is 1.14 bits per heavy atom. The molecule has 0 aliphatic carbocycles. The van der Waals surface area contributed by atoms with E-state index >= 15 is 0 Å². The molecule has 0 unspecified atom stereocenters. The van der Waals surface area contributed by atoms with Gasteiger partial charge in [0.25, 0.3) is 0 Å². The molecule has 0 atom stereocenters. The van der Waals surface area contributed by atoms with Gasteiger partial charge in [0.1, 0.15) is 5.75 Å². The first-order valence-corrected chi connectivity index (χ1v) is 7.78. The van der Waals surface area contributed by atoms with E-state index in [1.54, 1.807) is 18.2 Å². The molecule has 0 amide bonds. The minimum absolute atomic E-state index is 0.0948. The second kappa shape index (κ2) is 5.77. The van der Waals surface area contributed by atoms with E-state index in [4.69, 9.17) is 9.84 Å². The molecule has 0 bridgehead atoms. The van der Waals surface area contributed by atoms with Gasteiger partial charge in [0, 0.05) is 20.2 Å². The quantitative estimate of drug-likeness (QED) is 0.742. The maximum absolute atomic E-state index is 12.6. The van der Waals surface area contributed by atoms with Gasteiger partial charge in [-0.25, -0.2) is 4.79 Å². The second-order valence-electron chi connectivity index (χ2n) is 4.95. The monoisotopic (exact) mass is 314 g/mol. The zero-order valence-corrected chi connectivity index (χ0v) is 12.8. The summed E-state index contributed by atoms with van der Waals surface area (Å²) in [6, 6.07) is 10.0. The molecule has 22 heavy (non-hydrogen) atoms. The molecule has 1 N–H and O–H groups in total. The maximum Gasteiger partial charge on any atom is 0.335 e. The van der Waals surface area contributed by atoms with Gasteiger partial charge in [0.05, 0.1) is 12.2 Å². The van der Waals surface area contributed by atoms with Crippen LogP contribution in [0.25, 0.3) is 20.2 Å². The second-order valence-corrected chi connectivity index (χ2v) is 6.04. The van der Waals surface area contributed by atoms with Crippen LogP contribution in [0, 0.1) is 0 Å². The molecular formula is C17H14O4S. The Kier molecular flexibility index (Phi) is 3.81. The Labute approximate surface area is 130 Å². The highest BCUT2D eigenvalue weighted by molar-refractivity contribution is 7.24. The third kappa shape index (κ3) is 2.55. The predicted molar refractivity (Wildman–Crippen MR) is 88.3 cm³/mol. The molecule has 0 saturated heterocycles. The lowest BCUT2D eigenvalue weighted by Crippen LogP contribution is -2.03. The highest BCUT2D eigenvalue weighted by Gasteiger charge is 2.10. The Morgan fingerprint density at radius 3 is 2.68 bits per heavy atom. The summed E-state index contributed by atoms with van der Waals surface area (Å²) in [5, 5.41) is 10.2. The summed E-state index contributed by atoms with van der Waals surface area (Å²) in [5.41, 5.74) is 0.0908. The number of carbonyl (C=O) groups is 1. The summed E-state index contributed by atoms with van der Waals surface area (Å²) in [6.07, 6.45) is 0.903. The van der Waals surface area contributed by atoms with Crippen molar-refractivity contribution in [3.63, 3.8) is 0 Å². The number of benzene rings is 2. The Balaban J connectivity index is 2.22. The van der Waals surface area contributed by atoms with Crippen molar-refractivity contribution in [2.45, 2.75) is 13.3 Å². The van der Waals surface area contributed by atoms with Gasteiger partial charge < -0.3 is 9.84 Å². The van der Waals surface area contributed by atoms with Crippen LogP contribution < -0.4 is 10.2 Å². The highest BCUT2D eigenvalue weighted by atomic mass is 32.1. The minimum Gasteiger partial charge on any atom is -0.494 e. The molecule has 4 nitrogen and oxygen atoms in total. The van der Waals surface area contributed by atoms with Crippen LogP contribution in [0.3, 0.4) is 0 Å². The molecule has 5 heteroatoms. The van der Waals surface area contributed by atoms with Crippen LogP contribution in [0.15, 0.2) is 41.2 Å². The summed E-state index contributed by atoms with van der Waals surface area (Å²) in [6.45, 7) is 2.63. The van der Waals surface area contributed by atoms with Gasteiger partial charge in [0.15, 0.2) is 5.43 Å². The van der Waals surface area contributed by atoms with Gasteiger partial charge in [-0.15, -0.1) is 11.3 Å². The topological polar surface area (TPSA) is 63.6 Å². The van der Waals surface area contributed by atoms with Crippen molar-refractivity contribution < 1.29 is 14.6 Å². The van der Waals surface area contributed by atoms with Crippen molar-refractivity contribution in [2.24, 2.45) is 0 Å². The molecule has 0 radical (unpaired) electrons. The predicted octanol–water partition coefficient (Wildman–Crippen LogP) is 3.90. The lowest BCUT2D eigenvalue weighted by Gasteiger charge is -2.06. The van der Waals surface area contributed by atoms with E-state index in [9.17, 15) is 9.59 Å². The van der Waals surface area contributed by atoms with E-state index in [1.165, 1.54) is 17.4 Å². The van der Waals surface area contributed by atoms with Gasteiger partial charge in [-0.05, 0) is 42.8 Å². The van der Waals surface area contributed by atoms with Crippen LogP contribution in [-0.2, 0) is 0 Å². The fraction of sp³-hybridized carbons (Fsp3) is 0.176. The number of ether oxygens (including phenoxy) is 1. The first kappa shape index (κ1) is 14.5. The molecule has 0 spiro atoms. The number of fused-ring (bicyclic) bond motifs is 2. The zero-order chi connectivity index (χ0) is 15.7. The number of hydrogen-bond donors (Lipinski definition) is 1. The molecule has 2 aromatic carbocycles. The van der Waals surface area contributed by atoms with Crippen molar-refractivity contribution in [1.29, 1.82) is 0 Å². The molecule has 0 aliphatic heterocycles. The molecular weight excluding hydrogens is 300 g/mol. The summed E-state index contributed by atoms with van der Waals surface area (Å²) >= 11 is 1.41. The Bertz CT molecular complexity index is 927. The molecule has 0 aliphatic rings. The summed E-state index contributed by atoms with van der Waals surface area (Å²) in [5.74, 6) is -0.315. The van der Waals surface area contributed by atoms with Crippen LogP contribution in [0.1, 0.15) is 23.7 Å². The third-order valence-electron chi connectivity index (χ3n) is 3.36.